The van der Waals surface area contributed by atoms with Gasteiger partial charge in [-0.2, -0.15) is 0 Å². The van der Waals surface area contributed by atoms with Crippen molar-refractivity contribution in [1.82, 2.24) is 0 Å². The van der Waals surface area contributed by atoms with E-state index in [1.165, 1.54) is 34.2 Å². The maximum Gasteiger partial charge on any atom is 0.308 e. The van der Waals surface area contributed by atoms with Gasteiger partial charge < -0.3 is 4.74 Å². The molecular weight excluding hydrogens is 260 g/mol. The highest BCUT2D eigenvalue weighted by molar-refractivity contribution is 6.09. The van der Waals surface area contributed by atoms with E-state index in [1.54, 1.807) is 0 Å². The fraction of sp³-hybridized carbons (Fsp3) is 0.105. The van der Waals surface area contributed by atoms with Gasteiger partial charge in [0.25, 0.3) is 0 Å². The molecule has 3 aromatic rings. The molecule has 4 rings (SSSR count). The summed E-state index contributed by atoms with van der Waals surface area (Å²) in [6, 6.07) is 14.4. The fourth-order valence-corrected chi connectivity index (χ4v) is 3.12. The van der Waals surface area contributed by atoms with Gasteiger partial charge in [-0.25, -0.2) is 0 Å². The molecule has 0 aliphatic heterocycles. The topological polar surface area (TPSA) is 26.3 Å². The highest BCUT2D eigenvalue weighted by atomic mass is 16.5. The maximum atomic E-state index is 11.1. The van der Waals surface area contributed by atoms with Crippen molar-refractivity contribution in [2.45, 2.75) is 13.3 Å². The van der Waals surface area contributed by atoms with Crippen molar-refractivity contribution in [3.8, 4) is 5.75 Å². The van der Waals surface area contributed by atoms with Crippen molar-refractivity contribution in [3.63, 3.8) is 0 Å². The molecule has 0 saturated heterocycles. The van der Waals surface area contributed by atoms with E-state index in [2.05, 4.69) is 36.4 Å². The molecule has 0 N–H and O–H groups in total. The summed E-state index contributed by atoms with van der Waals surface area (Å²) in [5.74, 6) is 0.302. The third kappa shape index (κ3) is 1.91. The van der Waals surface area contributed by atoms with Crippen molar-refractivity contribution in [2.24, 2.45) is 0 Å². The number of fused-ring (bicyclic) bond motifs is 5. The summed E-state index contributed by atoms with van der Waals surface area (Å²) in [7, 11) is 0. The predicted octanol–water partition coefficient (Wildman–Crippen LogP) is 4.49. The van der Waals surface area contributed by atoms with E-state index in [0.29, 0.717) is 5.75 Å². The Morgan fingerprint density at radius 2 is 1.81 bits per heavy atom. The lowest BCUT2D eigenvalue weighted by Crippen LogP contribution is -2.00. The Morgan fingerprint density at radius 1 is 1.00 bits per heavy atom. The van der Waals surface area contributed by atoms with Crippen molar-refractivity contribution in [3.05, 3.63) is 59.7 Å². The second-order valence-electron chi connectivity index (χ2n) is 5.38. The molecule has 1 aliphatic carbocycles. The van der Waals surface area contributed by atoms with Crippen molar-refractivity contribution in [2.75, 3.05) is 0 Å². The van der Waals surface area contributed by atoms with Crippen LogP contribution >= 0.6 is 0 Å². The van der Waals surface area contributed by atoms with Gasteiger partial charge in [0.2, 0.25) is 0 Å². The van der Waals surface area contributed by atoms with Crippen LogP contribution in [-0.4, -0.2) is 5.97 Å². The number of hydrogen-bond donors (Lipinski definition) is 0. The maximum absolute atomic E-state index is 11.1. The Balaban J connectivity index is 1.96. The number of ether oxygens (including phenoxy) is 1. The van der Waals surface area contributed by atoms with Crippen LogP contribution in [0.15, 0.2) is 48.5 Å². The first-order chi connectivity index (χ1) is 10.2. The normalized spacial score (nSPS) is 12.8. The zero-order valence-corrected chi connectivity index (χ0v) is 11.7. The van der Waals surface area contributed by atoms with Gasteiger partial charge >= 0.3 is 5.97 Å². The molecule has 0 amide bonds. The predicted molar refractivity (Wildman–Crippen MR) is 85.5 cm³/mol. The van der Waals surface area contributed by atoms with Crippen LogP contribution in [-0.2, 0) is 11.2 Å². The Labute approximate surface area is 122 Å². The Bertz CT molecular complexity index is 920. The van der Waals surface area contributed by atoms with Crippen LogP contribution < -0.4 is 4.74 Å². The number of allylic oxidation sites excluding steroid dienone is 1. The molecule has 102 valence electrons. The zero-order chi connectivity index (χ0) is 14.4. The van der Waals surface area contributed by atoms with Gasteiger partial charge in [-0.05, 0) is 51.2 Å². The smallest absolute Gasteiger partial charge is 0.308 e. The van der Waals surface area contributed by atoms with Gasteiger partial charge in [-0.15, -0.1) is 0 Å². The quantitative estimate of drug-likeness (QED) is 0.371. The Hall–Kier alpha value is -2.61. The van der Waals surface area contributed by atoms with Crippen LogP contribution in [0.2, 0.25) is 0 Å². The summed E-state index contributed by atoms with van der Waals surface area (Å²) in [6.45, 7) is 1.42. The number of rotatable bonds is 1. The molecule has 0 radical (unpaired) electrons. The van der Waals surface area contributed by atoms with Crippen LogP contribution in [0.25, 0.3) is 27.6 Å². The second kappa shape index (κ2) is 4.45. The molecule has 2 heteroatoms. The van der Waals surface area contributed by atoms with Crippen LogP contribution in [0.4, 0.5) is 0 Å². The minimum Gasteiger partial charge on any atom is -0.427 e. The fourth-order valence-electron chi connectivity index (χ4n) is 3.12. The van der Waals surface area contributed by atoms with Crippen LogP contribution in [0.5, 0.6) is 5.75 Å². The first-order valence-corrected chi connectivity index (χ1v) is 7.06. The summed E-state index contributed by atoms with van der Waals surface area (Å²) in [5.41, 5.74) is 2.72. The Morgan fingerprint density at radius 3 is 2.67 bits per heavy atom. The second-order valence-corrected chi connectivity index (χ2v) is 5.38. The number of carbonyl (C=O) groups excluding carboxylic acids is 1. The molecule has 0 fully saturated rings. The minimum atomic E-state index is -0.293. The van der Waals surface area contributed by atoms with Gasteiger partial charge in [0, 0.05) is 6.92 Å². The lowest BCUT2D eigenvalue weighted by atomic mass is 9.96. The molecule has 3 aromatic carbocycles. The summed E-state index contributed by atoms with van der Waals surface area (Å²) in [5, 5.41) is 4.85. The first-order valence-electron chi connectivity index (χ1n) is 7.06. The lowest BCUT2D eigenvalue weighted by molar-refractivity contribution is -0.131. The lowest BCUT2D eigenvalue weighted by Gasteiger charge is -2.10. The average molecular weight is 274 g/mol. The third-order valence-electron chi connectivity index (χ3n) is 4.02. The molecule has 21 heavy (non-hydrogen) atoms. The van der Waals surface area contributed by atoms with E-state index in [9.17, 15) is 4.79 Å². The van der Waals surface area contributed by atoms with E-state index in [-0.39, 0.29) is 5.97 Å². The highest BCUT2D eigenvalue weighted by Gasteiger charge is 2.11. The molecule has 0 heterocycles. The molecule has 0 unspecified atom stereocenters. The van der Waals surface area contributed by atoms with Crippen molar-refractivity contribution < 1.29 is 9.53 Å². The van der Waals surface area contributed by atoms with E-state index in [1.807, 2.05) is 18.2 Å². The molecule has 0 atom stereocenters. The van der Waals surface area contributed by atoms with Crippen LogP contribution in [0.3, 0.4) is 0 Å². The molecule has 0 bridgehead atoms. The highest BCUT2D eigenvalue weighted by Crippen LogP contribution is 2.34. The van der Waals surface area contributed by atoms with Crippen LogP contribution in [0.1, 0.15) is 18.1 Å². The summed E-state index contributed by atoms with van der Waals surface area (Å²) >= 11 is 0. The average Bonchev–Trinajstić information content (AvgIpc) is 2.94. The molecule has 2 nitrogen and oxygen atoms in total. The van der Waals surface area contributed by atoms with Gasteiger partial charge in [0.15, 0.2) is 0 Å². The zero-order valence-electron chi connectivity index (χ0n) is 11.7. The number of benzene rings is 3. The minimum absolute atomic E-state index is 0.293. The van der Waals surface area contributed by atoms with E-state index in [0.717, 1.165) is 11.8 Å². The largest absolute Gasteiger partial charge is 0.427 e. The Kier molecular flexibility index (Phi) is 2.58. The summed E-state index contributed by atoms with van der Waals surface area (Å²) < 4.78 is 5.16. The number of hydrogen-bond acceptors (Lipinski definition) is 2. The number of carbonyl (C=O) groups is 1. The molecule has 0 spiro atoms. The van der Waals surface area contributed by atoms with Crippen molar-refractivity contribution >= 4 is 33.6 Å². The van der Waals surface area contributed by atoms with Gasteiger partial charge in [0.05, 0.1) is 0 Å². The summed E-state index contributed by atoms with van der Waals surface area (Å²) in [4.78, 5) is 11.1. The SMILES string of the molecule is CC(=O)Oc1ccc2c(ccc3c4c(ccc32)C=CC4)c1. The van der Waals surface area contributed by atoms with Gasteiger partial charge in [-0.3, -0.25) is 4.79 Å². The summed E-state index contributed by atoms with van der Waals surface area (Å²) in [6.07, 6.45) is 5.39. The van der Waals surface area contributed by atoms with E-state index < -0.39 is 0 Å². The van der Waals surface area contributed by atoms with Crippen molar-refractivity contribution in [1.29, 1.82) is 0 Å². The monoisotopic (exact) mass is 274 g/mol. The third-order valence-corrected chi connectivity index (χ3v) is 4.02. The van der Waals surface area contributed by atoms with E-state index >= 15 is 0 Å². The first kappa shape index (κ1) is 12.2. The van der Waals surface area contributed by atoms with E-state index in [4.69, 9.17) is 4.74 Å². The molecule has 0 saturated carbocycles. The van der Waals surface area contributed by atoms with Gasteiger partial charge in [-0.1, -0.05) is 42.5 Å². The van der Waals surface area contributed by atoms with Crippen LogP contribution in [0, 0.1) is 0 Å². The molecule has 0 aromatic heterocycles. The number of esters is 1. The standard InChI is InChI=1S/C19H14O2/c1-12(20)21-15-7-10-17-14(11-15)6-9-18-16-4-2-3-13(16)5-8-19(17)18/h2-3,5-11H,4H2,1H3. The molecule has 1 aliphatic rings. The molecular formula is C19H14O2. The van der Waals surface area contributed by atoms with Gasteiger partial charge in [0.1, 0.15) is 5.75 Å².